The number of rotatable bonds is 6. The monoisotopic (exact) mass is 285 g/mol. The summed E-state index contributed by atoms with van der Waals surface area (Å²) in [4.78, 5) is 6.56. The van der Waals surface area contributed by atoms with E-state index in [2.05, 4.69) is 21.3 Å². The second kappa shape index (κ2) is 6.22. The number of hydrogen-bond donors (Lipinski definition) is 1. The first-order valence-corrected chi connectivity index (χ1v) is 7.34. The molecular weight excluding hydrogens is 265 g/mol. The molecule has 1 aliphatic rings. The van der Waals surface area contributed by atoms with Crippen LogP contribution in [0.1, 0.15) is 24.0 Å². The molecule has 0 aliphatic heterocycles. The van der Waals surface area contributed by atoms with E-state index in [4.69, 9.17) is 0 Å². The van der Waals surface area contributed by atoms with Crippen LogP contribution in [0.15, 0.2) is 42.6 Å². The number of aromatic nitrogens is 1. The summed E-state index contributed by atoms with van der Waals surface area (Å²) in [7, 11) is 1.99. The number of benzene rings is 1. The number of hydrogen-bond acceptors (Lipinski definition) is 3. The van der Waals surface area contributed by atoms with Crippen LogP contribution in [0.4, 0.5) is 10.2 Å². The first kappa shape index (κ1) is 14.0. The normalized spacial score (nSPS) is 14.2. The minimum Gasteiger partial charge on any atom is -0.355 e. The van der Waals surface area contributed by atoms with E-state index in [0.29, 0.717) is 12.6 Å². The van der Waals surface area contributed by atoms with Gasteiger partial charge in [-0.15, -0.1) is 0 Å². The van der Waals surface area contributed by atoms with Gasteiger partial charge in [-0.25, -0.2) is 9.37 Å². The van der Waals surface area contributed by atoms with Gasteiger partial charge in [-0.05, 0) is 42.2 Å². The van der Waals surface area contributed by atoms with Crippen LogP contribution in [-0.2, 0) is 13.1 Å². The number of pyridine rings is 1. The van der Waals surface area contributed by atoms with Crippen molar-refractivity contribution in [3.63, 3.8) is 0 Å². The molecule has 0 atom stereocenters. The molecule has 21 heavy (non-hydrogen) atoms. The Morgan fingerprint density at radius 3 is 2.48 bits per heavy atom. The van der Waals surface area contributed by atoms with Crippen molar-refractivity contribution in [1.29, 1.82) is 0 Å². The molecule has 0 spiro atoms. The highest BCUT2D eigenvalue weighted by Crippen LogP contribution is 2.19. The highest BCUT2D eigenvalue weighted by atomic mass is 19.1. The van der Waals surface area contributed by atoms with Crippen LogP contribution in [0.3, 0.4) is 0 Å². The van der Waals surface area contributed by atoms with Gasteiger partial charge in [-0.2, -0.15) is 0 Å². The smallest absolute Gasteiger partial charge is 0.128 e. The minimum atomic E-state index is -0.202. The van der Waals surface area contributed by atoms with Crippen LogP contribution >= 0.6 is 0 Å². The van der Waals surface area contributed by atoms with Crippen LogP contribution in [-0.4, -0.2) is 18.1 Å². The maximum atomic E-state index is 12.9. The van der Waals surface area contributed by atoms with E-state index in [1.54, 1.807) is 12.1 Å². The lowest BCUT2D eigenvalue weighted by molar-refractivity contribution is 0.627. The molecule has 1 aromatic carbocycles. The van der Waals surface area contributed by atoms with Gasteiger partial charge in [0, 0.05) is 32.4 Å². The Labute approximate surface area is 124 Å². The maximum Gasteiger partial charge on any atom is 0.128 e. The molecule has 0 unspecified atom stereocenters. The molecule has 4 heteroatoms. The highest BCUT2D eigenvalue weighted by Gasteiger charge is 2.19. The zero-order valence-electron chi connectivity index (χ0n) is 12.2. The van der Waals surface area contributed by atoms with Crippen molar-refractivity contribution in [2.75, 3.05) is 11.9 Å². The Bertz CT molecular complexity index is 576. The Balaban J connectivity index is 1.58. The molecule has 3 rings (SSSR count). The predicted molar refractivity (Wildman–Crippen MR) is 82.6 cm³/mol. The van der Waals surface area contributed by atoms with E-state index in [9.17, 15) is 4.39 Å². The highest BCUT2D eigenvalue weighted by molar-refractivity contribution is 5.39. The summed E-state index contributed by atoms with van der Waals surface area (Å²) in [6, 6.07) is 11.4. The Hall–Kier alpha value is -1.94. The zero-order valence-corrected chi connectivity index (χ0v) is 12.2. The summed E-state index contributed by atoms with van der Waals surface area (Å²) in [5.74, 6) is 0.724. The van der Waals surface area contributed by atoms with Crippen molar-refractivity contribution in [3.05, 3.63) is 59.5 Å². The van der Waals surface area contributed by atoms with Crippen LogP contribution in [0.25, 0.3) is 0 Å². The van der Waals surface area contributed by atoms with Gasteiger partial charge in [0.25, 0.3) is 0 Å². The third-order valence-corrected chi connectivity index (χ3v) is 3.71. The second-order valence-corrected chi connectivity index (χ2v) is 5.66. The minimum absolute atomic E-state index is 0.202. The summed E-state index contributed by atoms with van der Waals surface area (Å²) in [5, 5.41) is 3.48. The van der Waals surface area contributed by atoms with Gasteiger partial charge < -0.3 is 10.2 Å². The third kappa shape index (κ3) is 4.02. The van der Waals surface area contributed by atoms with Crippen LogP contribution < -0.4 is 10.2 Å². The summed E-state index contributed by atoms with van der Waals surface area (Å²) in [6.07, 6.45) is 4.52. The summed E-state index contributed by atoms with van der Waals surface area (Å²) in [5.41, 5.74) is 2.28. The molecule has 1 aliphatic carbocycles. The Kier molecular flexibility index (Phi) is 4.15. The van der Waals surface area contributed by atoms with Gasteiger partial charge in [-0.3, -0.25) is 0 Å². The lowest BCUT2D eigenvalue weighted by Crippen LogP contribution is -2.18. The van der Waals surface area contributed by atoms with Gasteiger partial charge in [0.15, 0.2) is 0 Å². The summed E-state index contributed by atoms with van der Waals surface area (Å²) < 4.78 is 12.9. The third-order valence-electron chi connectivity index (χ3n) is 3.71. The first-order chi connectivity index (χ1) is 10.2. The average Bonchev–Trinajstić information content (AvgIpc) is 3.32. The summed E-state index contributed by atoms with van der Waals surface area (Å²) in [6.45, 7) is 1.60. The number of nitrogens with zero attached hydrogens (tertiary/aromatic N) is 2. The van der Waals surface area contributed by atoms with E-state index in [1.807, 2.05) is 19.3 Å². The second-order valence-electron chi connectivity index (χ2n) is 5.66. The van der Waals surface area contributed by atoms with Crippen molar-refractivity contribution >= 4 is 5.82 Å². The van der Waals surface area contributed by atoms with Crippen molar-refractivity contribution < 1.29 is 4.39 Å². The number of nitrogens with one attached hydrogen (secondary N) is 1. The van der Waals surface area contributed by atoms with Crippen molar-refractivity contribution in [2.45, 2.75) is 32.0 Å². The maximum absolute atomic E-state index is 12.9. The quantitative estimate of drug-likeness (QED) is 0.884. The van der Waals surface area contributed by atoms with Crippen molar-refractivity contribution in [1.82, 2.24) is 10.3 Å². The summed E-state index contributed by atoms with van der Waals surface area (Å²) >= 11 is 0. The Morgan fingerprint density at radius 2 is 1.86 bits per heavy atom. The molecule has 0 bridgehead atoms. The molecule has 110 valence electrons. The van der Waals surface area contributed by atoms with Gasteiger partial charge in [0.1, 0.15) is 11.6 Å². The van der Waals surface area contributed by atoms with Crippen molar-refractivity contribution in [2.24, 2.45) is 0 Å². The molecule has 0 radical (unpaired) electrons. The van der Waals surface area contributed by atoms with Crippen LogP contribution in [0.2, 0.25) is 0 Å². The lowest BCUT2D eigenvalue weighted by Gasteiger charge is -2.18. The topological polar surface area (TPSA) is 28.2 Å². The van der Waals surface area contributed by atoms with E-state index in [-0.39, 0.29) is 5.82 Å². The molecule has 1 N–H and O–H groups in total. The van der Waals surface area contributed by atoms with E-state index >= 15 is 0 Å². The van der Waals surface area contributed by atoms with E-state index in [0.717, 1.165) is 17.9 Å². The fraction of sp³-hybridized carbons (Fsp3) is 0.353. The van der Waals surface area contributed by atoms with Crippen LogP contribution in [0, 0.1) is 5.82 Å². The van der Waals surface area contributed by atoms with E-state index < -0.39 is 0 Å². The lowest BCUT2D eigenvalue weighted by atomic mass is 10.2. The average molecular weight is 285 g/mol. The van der Waals surface area contributed by atoms with E-state index in [1.165, 1.54) is 30.5 Å². The number of halogens is 1. The van der Waals surface area contributed by atoms with Gasteiger partial charge >= 0.3 is 0 Å². The van der Waals surface area contributed by atoms with Gasteiger partial charge in [-0.1, -0.05) is 18.2 Å². The molecule has 0 amide bonds. The standard InChI is InChI=1S/C17H20FN3/c1-21(12-13-2-5-15(18)6-3-13)17-9-4-14(11-20-17)10-19-16-7-8-16/h2-6,9,11,16,19H,7-8,10,12H2,1H3. The van der Waals surface area contributed by atoms with Crippen LogP contribution in [0.5, 0.6) is 0 Å². The number of anilines is 1. The molecule has 1 aromatic heterocycles. The van der Waals surface area contributed by atoms with Crippen molar-refractivity contribution in [3.8, 4) is 0 Å². The van der Waals surface area contributed by atoms with Gasteiger partial charge in [0.05, 0.1) is 0 Å². The molecular formula is C17H20FN3. The Morgan fingerprint density at radius 1 is 1.14 bits per heavy atom. The SMILES string of the molecule is CN(Cc1ccc(F)cc1)c1ccc(CNC2CC2)cn1. The predicted octanol–water partition coefficient (Wildman–Crippen LogP) is 3.11. The fourth-order valence-corrected chi connectivity index (χ4v) is 2.24. The molecule has 1 saturated carbocycles. The largest absolute Gasteiger partial charge is 0.355 e. The molecule has 1 heterocycles. The molecule has 1 fully saturated rings. The van der Waals surface area contributed by atoms with Gasteiger partial charge in [0.2, 0.25) is 0 Å². The molecule has 2 aromatic rings. The zero-order chi connectivity index (χ0) is 14.7. The molecule has 3 nitrogen and oxygen atoms in total. The molecule has 0 saturated heterocycles. The fourth-order valence-electron chi connectivity index (χ4n) is 2.24. The first-order valence-electron chi connectivity index (χ1n) is 7.34.